The lowest BCUT2D eigenvalue weighted by atomic mass is 10.0. The summed E-state index contributed by atoms with van der Waals surface area (Å²) < 4.78 is 0. The number of nitrogens with one attached hydrogen (secondary N) is 4. The number of rotatable bonds is 27. The van der Waals surface area contributed by atoms with Crippen LogP contribution >= 0.6 is 0 Å². The van der Waals surface area contributed by atoms with E-state index in [2.05, 4.69) is 40.1 Å². The predicted octanol–water partition coefficient (Wildman–Crippen LogP) is 2.02. The molecule has 0 aromatic heterocycles. The molecule has 0 aliphatic carbocycles. The van der Waals surface area contributed by atoms with Crippen molar-refractivity contribution in [2.45, 2.75) is 105 Å². The van der Waals surface area contributed by atoms with Crippen LogP contribution < -0.4 is 32.7 Å². The van der Waals surface area contributed by atoms with E-state index >= 15 is 0 Å². The maximum absolute atomic E-state index is 13.0. The van der Waals surface area contributed by atoms with Gasteiger partial charge in [0.2, 0.25) is 23.6 Å². The highest BCUT2D eigenvalue weighted by Crippen LogP contribution is 2.09. The van der Waals surface area contributed by atoms with E-state index in [1.54, 1.807) is 4.90 Å². The van der Waals surface area contributed by atoms with Crippen LogP contribution in [0.2, 0.25) is 0 Å². The van der Waals surface area contributed by atoms with Gasteiger partial charge in [-0.1, -0.05) is 53.4 Å². The molecule has 4 amide bonds. The average Bonchev–Trinajstić information content (AvgIpc) is 2.98. The van der Waals surface area contributed by atoms with E-state index in [9.17, 15) is 19.2 Å². The minimum atomic E-state index is -0.150. The van der Waals surface area contributed by atoms with Gasteiger partial charge in [-0.2, -0.15) is 0 Å². The smallest absolute Gasteiger partial charge is 0.223 e. The van der Waals surface area contributed by atoms with E-state index < -0.39 is 0 Å². The fourth-order valence-corrected chi connectivity index (χ4v) is 4.40. The Morgan fingerprint density at radius 1 is 0.674 bits per heavy atom. The van der Waals surface area contributed by atoms with Gasteiger partial charge in [-0.3, -0.25) is 24.2 Å². The summed E-state index contributed by atoms with van der Waals surface area (Å²) in [5, 5.41) is 12.1. The van der Waals surface area contributed by atoms with Gasteiger partial charge in [0.05, 0.1) is 0 Å². The third kappa shape index (κ3) is 23.3. The summed E-state index contributed by atoms with van der Waals surface area (Å²) in [6, 6.07) is 0. The number of carbonyl (C=O) groups excluding carboxylic acids is 4. The second-order valence-corrected chi connectivity index (χ2v) is 11.4. The molecule has 0 aromatic rings. The van der Waals surface area contributed by atoms with Gasteiger partial charge in [0.1, 0.15) is 0 Å². The number of aliphatic imine (C=N–C) groups is 1. The summed E-state index contributed by atoms with van der Waals surface area (Å²) in [4.78, 5) is 55.7. The summed E-state index contributed by atoms with van der Waals surface area (Å²) in [5.74, 6) is -0.104. The van der Waals surface area contributed by atoms with Crippen molar-refractivity contribution in [2.24, 2.45) is 28.3 Å². The molecule has 8 N–H and O–H groups in total. The average molecular weight is 611 g/mol. The van der Waals surface area contributed by atoms with Gasteiger partial charge < -0.3 is 37.6 Å². The number of hydrogen-bond acceptors (Lipinski definition) is 6. The van der Waals surface area contributed by atoms with Crippen LogP contribution in [-0.2, 0) is 19.2 Å². The zero-order valence-electron chi connectivity index (χ0n) is 27.5. The third-order valence-electron chi connectivity index (χ3n) is 7.26. The molecule has 0 saturated heterocycles. The van der Waals surface area contributed by atoms with Gasteiger partial charge in [0, 0.05) is 63.9 Å². The molecule has 12 nitrogen and oxygen atoms in total. The van der Waals surface area contributed by atoms with Crippen LogP contribution in [0.25, 0.3) is 0 Å². The van der Waals surface area contributed by atoms with E-state index in [4.69, 9.17) is 11.5 Å². The summed E-state index contributed by atoms with van der Waals surface area (Å²) in [6.07, 6.45) is 9.02. The van der Waals surface area contributed by atoms with Crippen LogP contribution in [0, 0.1) is 11.8 Å². The van der Waals surface area contributed by atoms with Crippen LogP contribution in [-0.4, -0.2) is 86.8 Å². The zero-order valence-corrected chi connectivity index (χ0v) is 27.5. The second kappa shape index (κ2) is 26.7. The van der Waals surface area contributed by atoms with Crippen molar-refractivity contribution in [1.29, 1.82) is 0 Å². The highest BCUT2D eigenvalue weighted by molar-refractivity contribution is 5.83. The van der Waals surface area contributed by atoms with Crippen LogP contribution in [0.15, 0.2) is 4.99 Å². The monoisotopic (exact) mass is 610 g/mol. The lowest BCUT2D eigenvalue weighted by Gasteiger charge is -2.23. The van der Waals surface area contributed by atoms with E-state index in [1.165, 1.54) is 0 Å². The molecule has 0 aromatic carbocycles. The maximum Gasteiger partial charge on any atom is 0.223 e. The van der Waals surface area contributed by atoms with Gasteiger partial charge in [0.15, 0.2) is 5.96 Å². The molecule has 0 aliphatic rings. The quantitative estimate of drug-likeness (QED) is 0.0467. The first-order valence-corrected chi connectivity index (χ1v) is 16.5. The van der Waals surface area contributed by atoms with E-state index in [-0.39, 0.29) is 54.3 Å². The Morgan fingerprint density at radius 2 is 1.19 bits per heavy atom. The third-order valence-corrected chi connectivity index (χ3v) is 7.26. The molecule has 0 heterocycles. The normalized spacial score (nSPS) is 12.2. The molecular formula is C31H62N8O4. The summed E-state index contributed by atoms with van der Waals surface area (Å²) in [7, 11) is 0. The summed E-state index contributed by atoms with van der Waals surface area (Å²) >= 11 is 0. The summed E-state index contributed by atoms with van der Waals surface area (Å²) in [6.45, 7) is 12.7. The molecule has 0 spiro atoms. The second-order valence-electron chi connectivity index (χ2n) is 11.4. The molecule has 0 saturated carbocycles. The minimum Gasteiger partial charge on any atom is -0.370 e. The van der Waals surface area contributed by atoms with Crippen LogP contribution in [0.1, 0.15) is 105 Å². The van der Waals surface area contributed by atoms with Gasteiger partial charge in [-0.05, 0) is 51.6 Å². The summed E-state index contributed by atoms with van der Waals surface area (Å²) in [5.41, 5.74) is 10.6. The zero-order chi connectivity index (χ0) is 32.3. The Balaban J connectivity index is 4.55. The first-order valence-electron chi connectivity index (χ1n) is 16.5. The van der Waals surface area contributed by atoms with Gasteiger partial charge in [0.25, 0.3) is 0 Å². The minimum absolute atomic E-state index is 0.0220. The lowest BCUT2D eigenvalue weighted by molar-refractivity contribution is -0.133. The molecule has 2 unspecified atom stereocenters. The van der Waals surface area contributed by atoms with Crippen molar-refractivity contribution in [1.82, 2.24) is 26.2 Å². The molecule has 0 rings (SSSR count). The number of nitrogens with two attached hydrogens (primary N) is 2. The molecule has 250 valence electrons. The Hall–Kier alpha value is -2.89. The van der Waals surface area contributed by atoms with Crippen LogP contribution in [0.5, 0.6) is 0 Å². The van der Waals surface area contributed by atoms with Crippen molar-refractivity contribution < 1.29 is 19.2 Å². The largest absolute Gasteiger partial charge is 0.370 e. The number of amides is 4. The lowest BCUT2D eigenvalue weighted by Crippen LogP contribution is -2.38. The van der Waals surface area contributed by atoms with Gasteiger partial charge >= 0.3 is 0 Å². The highest BCUT2D eigenvalue weighted by atomic mass is 16.2. The standard InChI is InChI=1S/C31H62N8O4/c1-5-7-13-25(3)29(42)36-21-11-23-39(24-12-22-37-30(43)26(4)14-8-6-2)28(41)16-15-27(40)35-19-9-17-34-18-10-20-38-31(32)33/h25-26,34H,5-24H2,1-4H3,(H,35,40)(H,36,42)(H,37,43)(H4,32,33,38). The van der Waals surface area contributed by atoms with Crippen molar-refractivity contribution in [3.8, 4) is 0 Å². The fraction of sp³-hybridized carbons (Fsp3) is 0.839. The number of carbonyl (C=O) groups is 4. The van der Waals surface area contributed by atoms with Gasteiger partial charge in [-0.25, -0.2) is 0 Å². The first-order chi connectivity index (χ1) is 20.6. The Bertz CT molecular complexity index is 771. The van der Waals surface area contributed by atoms with Crippen molar-refractivity contribution in [3.05, 3.63) is 0 Å². The highest BCUT2D eigenvalue weighted by Gasteiger charge is 2.17. The molecule has 2 atom stereocenters. The Labute approximate surface area is 260 Å². The van der Waals surface area contributed by atoms with Gasteiger partial charge in [-0.15, -0.1) is 0 Å². The molecule has 43 heavy (non-hydrogen) atoms. The molecular weight excluding hydrogens is 548 g/mol. The molecule has 12 heteroatoms. The van der Waals surface area contributed by atoms with E-state index in [0.717, 1.165) is 64.5 Å². The SMILES string of the molecule is CCCCC(C)C(=O)NCCCN(CCCNC(=O)C(C)CCCC)C(=O)CCC(=O)NCCCNCCCN=C(N)N. The first kappa shape index (κ1) is 40.1. The molecule has 0 bridgehead atoms. The number of hydrogen-bond donors (Lipinski definition) is 6. The van der Waals surface area contributed by atoms with Crippen molar-refractivity contribution in [3.63, 3.8) is 0 Å². The Morgan fingerprint density at radius 3 is 1.70 bits per heavy atom. The predicted molar refractivity (Wildman–Crippen MR) is 174 cm³/mol. The number of guanidine groups is 1. The van der Waals surface area contributed by atoms with Crippen molar-refractivity contribution >= 4 is 29.6 Å². The molecule has 0 aliphatic heterocycles. The van der Waals surface area contributed by atoms with Crippen molar-refractivity contribution in [2.75, 3.05) is 52.4 Å². The Kier molecular flexibility index (Phi) is 24.9. The molecule has 0 fully saturated rings. The van der Waals surface area contributed by atoms with Crippen LogP contribution in [0.3, 0.4) is 0 Å². The van der Waals surface area contributed by atoms with E-state index in [0.29, 0.717) is 52.1 Å². The number of unbranched alkanes of at least 4 members (excludes halogenated alkanes) is 2. The topological polar surface area (TPSA) is 184 Å². The van der Waals surface area contributed by atoms with Crippen LogP contribution in [0.4, 0.5) is 0 Å². The maximum atomic E-state index is 13.0. The molecule has 0 radical (unpaired) electrons. The fourth-order valence-electron chi connectivity index (χ4n) is 4.40. The van der Waals surface area contributed by atoms with E-state index in [1.807, 2.05) is 13.8 Å². The number of nitrogens with zero attached hydrogens (tertiary/aromatic N) is 2.